The summed E-state index contributed by atoms with van der Waals surface area (Å²) in [7, 11) is 0. The van der Waals surface area contributed by atoms with E-state index in [1.54, 1.807) is 6.20 Å². The number of hydrogen-bond acceptors (Lipinski definition) is 3. The summed E-state index contributed by atoms with van der Waals surface area (Å²) in [6, 6.07) is 9.87. The van der Waals surface area contributed by atoms with Crippen molar-refractivity contribution in [1.82, 2.24) is 20.0 Å². The van der Waals surface area contributed by atoms with Gasteiger partial charge in [0.2, 0.25) is 0 Å². The summed E-state index contributed by atoms with van der Waals surface area (Å²) in [5.74, 6) is 0.168. The summed E-state index contributed by atoms with van der Waals surface area (Å²) < 4.78 is 1.89. The lowest BCUT2D eigenvalue weighted by Crippen LogP contribution is -2.44. The van der Waals surface area contributed by atoms with Crippen molar-refractivity contribution >= 4 is 30.7 Å². The molecule has 1 aromatic heterocycles. The molecule has 142 valence electrons. The minimum absolute atomic E-state index is 0. The van der Waals surface area contributed by atoms with Crippen molar-refractivity contribution in [1.29, 1.82) is 0 Å². The van der Waals surface area contributed by atoms with Crippen LogP contribution in [0.3, 0.4) is 0 Å². The molecular formula is C19H26Cl2N4O. The number of halogens is 2. The van der Waals surface area contributed by atoms with Crippen LogP contribution in [0.25, 0.3) is 0 Å². The Bertz CT molecular complexity index is 687. The topological polar surface area (TPSA) is 50.2 Å². The van der Waals surface area contributed by atoms with Crippen LogP contribution in [0.5, 0.6) is 0 Å². The Morgan fingerprint density at radius 1 is 1.12 bits per heavy atom. The minimum atomic E-state index is 0. The maximum absolute atomic E-state index is 12.7. The molecule has 2 aliphatic heterocycles. The lowest BCUT2D eigenvalue weighted by molar-refractivity contribution is 0.0607. The Balaban J connectivity index is 0.00000121. The molecule has 2 aliphatic rings. The molecule has 1 spiro atoms. The number of nitrogens with zero attached hydrogens (tertiary/aromatic N) is 3. The Morgan fingerprint density at radius 3 is 2.42 bits per heavy atom. The summed E-state index contributed by atoms with van der Waals surface area (Å²) in [6.07, 6.45) is 7.24. The summed E-state index contributed by atoms with van der Waals surface area (Å²) in [5, 5.41) is 7.69. The van der Waals surface area contributed by atoms with Gasteiger partial charge in [-0.05, 0) is 55.0 Å². The molecule has 5 nitrogen and oxygen atoms in total. The van der Waals surface area contributed by atoms with E-state index in [2.05, 4.69) is 10.4 Å². The Kier molecular flexibility index (Phi) is 7.09. The first kappa shape index (κ1) is 20.7. The fourth-order valence-electron chi connectivity index (χ4n) is 3.92. The number of carbonyl (C=O) groups is 1. The molecule has 0 aliphatic carbocycles. The highest BCUT2D eigenvalue weighted by Gasteiger charge is 2.38. The van der Waals surface area contributed by atoms with Gasteiger partial charge in [0.1, 0.15) is 0 Å². The maximum atomic E-state index is 12.7. The van der Waals surface area contributed by atoms with Crippen molar-refractivity contribution < 1.29 is 4.79 Å². The number of hydrogen-bond donors (Lipinski definition) is 1. The van der Waals surface area contributed by atoms with E-state index in [9.17, 15) is 4.79 Å². The summed E-state index contributed by atoms with van der Waals surface area (Å²) in [5.41, 5.74) is 2.40. The van der Waals surface area contributed by atoms with Crippen LogP contribution in [0.4, 0.5) is 0 Å². The Morgan fingerprint density at radius 2 is 1.85 bits per heavy atom. The summed E-state index contributed by atoms with van der Waals surface area (Å²) >= 11 is 0. The molecular weight excluding hydrogens is 371 g/mol. The average Bonchev–Trinajstić information content (AvgIpc) is 3.28. The highest BCUT2D eigenvalue weighted by Crippen LogP contribution is 2.37. The molecule has 0 saturated carbocycles. The third-order valence-corrected chi connectivity index (χ3v) is 5.55. The van der Waals surface area contributed by atoms with Crippen molar-refractivity contribution in [3.63, 3.8) is 0 Å². The zero-order valence-electron chi connectivity index (χ0n) is 14.8. The van der Waals surface area contributed by atoms with Gasteiger partial charge in [0.25, 0.3) is 5.91 Å². The molecule has 7 heteroatoms. The van der Waals surface area contributed by atoms with Gasteiger partial charge in [0.15, 0.2) is 0 Å². The SMILES string of the molecule is Cl.Cl.O=C(c1ccc(Cn2cccn2)cc1)N1CCC2(CCNC2)CC1. The summed E-state index contributed by atoms with van der Waals surface area (Å²) in [6.45, 7) is 4.76. The van der Waals surface area contributed by atoms with Crippen molar-refractivity contribution in [3.05, 3.63) is 53.9 Å². The molecule has 26 heavy (non-hydrogen) atoms. The van der Waals surface area contributed by atoms with E-state index in [1.807, 2.05) is 46.1 Å². The van der Waals surface area contributed by atoms with Crippen LogP contribution in [-0.2, 0) is 6.54 Å². The number of amides is 1. The van der Waals surface area contributed by atoms with E-state index >= 15 is 0 Å². The van der Waals surface area contributed by atoms with Crippen molar-refractivity contribution in [2.45, 2.75) is 25.8 Å². The second kappa shape index (κ2) is 8.89. The van der Waals surface area contributed by atoms with E-state index in [4.69, 9.17) is 0 Å². The molecule has 1 amide bonds. The predicted octanol–water partition coefficient (Wildman–Crippen LogP) is 2.99. The zero-order valence-corrected chi connectivity index (χ0v) is 16.4. The molecule has 3 heterocycles. The first-order valence-electron chi connectivity index (χ1n) is 8.81. The highest BCUT2D eigenvalue weighted by atomic mass is 35.5. The van der Waals surface area contributed by atoms with Crippen molar-refractivity contribution in [2.75, 3.05) is 26.2 Å². The maximum Gasteiger partial charge on any atom is 0.253 e. The normalized spacial score (nSPS) is 18.2. The molecule has 0 radical (unpaired) electrons. The molecule has 0 unspecified atom stereocenters. The third kappa shape index (κ3) is 4.40. The second-order valence-corrected chi connectivity index (χ2v) is 7.12. The van der Waals surface area contributed by atoms with Gasteiger partial charge in [0, 0.05) is 37.6 Å². The van der Waals surface area contributed by atoms with Crippen LogP contribution in [0.1, 0.15) is 35.2 Å². The van der Waals surface area contributed by atoms with E-state index in [-0.39, 0.29) is 30.7 Å². The number of likely N-dealkylation sites (tertiary alicyclic amines) is 1. The molecule has 2 saturated heterocycles. The second-order valence-electron chi connectivity index (χ2n) is 7.12. The number of aromatic nitrogens is 2. The predicted molar refractivity (Wildman–Crippen MR) is 107 cm³/mol. The van der Waals surface area contributed by atoms with Crippen molar-refractivity contribution in [3.8, 4) is 0 Å². The zero-order chi connectivity index (χ0) is 16.4. The molecule has 1 aromatic carbocycles. The molecule has 2 fully saturated rings. The molecule has 0 bridgehead atoms. The van der Waals surface area contributed by atoms with Gasteiger partial charge in [-0.1, -0.05) is 12.1 Å². The van der Waals surface area contributed by atoms with Crippen LogP contribution in [0.2, 0.25) is 0 Å². The van der Waals surface area contributed by atoms with Gasteiger partial charge >= 0.3 is 0 Å². The van der Waals surface area contributed by atoms with Crippen LogP contribution < -0.4 is 5.32 Å². The Labute approximate surface area is 167 Å². The third-order valence-electron chi connectivity index (χ3n) is 5.55. The van der Waals surface area contributed by atoms with Crippen LogP contribution in [0.15, 0.2) is 42.7 Å². The number of carbonyl (C=O) groups excluding carboxylic acids is 1. The van der Waals surface area contributed by atoms with E-state index in [0.29, 0.717) is 5.41 Å². The van der Waals surface area contributed by atoms with Gasteiger partial charge < -0.3 is 10.2 Å². The van der Waals surface area contributed by atoms with Gasteiger partial charge in [-0.3, -0.25) is 9.48 Å². The first-order chi connectivity index (χ1) is 11.7. The quantitative estimate of drug-likeness (QED) is 0.867. The molecule has 4 rings (SSSR count). The lowest BCUT2D eigenvalue weighted by atomic mass is 9.78. The van der Waals surface area contributed by atoms with E-state index < -0.39 is 0 Å². The molecule has 2 aromatic rings. The first-order valence-corrected chi connectivity index (χ1v) is 8.81. The number of nitrogens with one attached hydrogen (secondary N) is 1. The number of rotatable bonds is 3. The van der Waals surface area contributed by atoms with Gasteiger partial charge in [-0.2, -0.15) is 5.10 Å². The number of benzene rings is 1. The fourth-order valence-corrected chi connectivity index (χ4v) is 3.92. The lowest BCUT2D eigenvalue weighted by Gasteiger charge is -2.38. The smallest absolute Gasteiger partial charge is 0.253 e. The highest BCUT2D eigenvalue weighted by molar-refractivity contribution is 5.94. The van der Waals surface area contributed by atoms with Crippen molar-refractivity contribution in [2.24, 2.45) is 5.41 Å². The van der Waals surface area contributed by atoms with E-state index in [1.165, 1.54) is 6.42 Å². The summed E-state index contributed by atoms with van der Waals surface area (Å²) in [4.78, 5) is 14.7. The monoisotopic (exact) mass is 396 g/mol. The van der Waals surface area contributed by atoms with Gasteiger partial charge in [-0.15, -0.1) is 24.8 Å². The average molecular weight is 397 g/mol. The minimum Gasteiger partial charge on any atom is -0.339 e. The standard InChI is InChI=1S/C19H24N4O.2ClH/c24-18(22-12-7-19(8-13-22)6-10-20-15-19)17-4-2-16(3-5-17)14-23-11-1-9-21-23;;/h1-5,9,11,20H,6-8,10,12-15H2;2*1H. The van der Waals surface area contributed by atoms with Crippen LogP contribution in [0, 0.1) is 5.41 Å². The molecule has 1 N–H and O–H groups in total. The molecule has 0 atom stereocenters. The van der Waals surface area contributed by atoms with Gasteiger partial charge in [0.05, 0.1) is 6.54 Å². The van der Waals surface area contributed by atoms with E-state index in [0.717, 1.165) is 56.7 Å². The number of piperidine rings is 1. The van der Waals surface area contributed by atoms with Gasteiger partial charge in [-0.25, -0.2) is 0 Å². The van der Waals surface area contributed by atoms with Crippen LogP contribution >= 0.6 is 24.8 Å². The fraction of sp³-hybridized carbons (Fsp3) is 0.474. The van der Waals surface area contributed by atoms with Crippen LogP contribution in [-0.4, -0.2) is 46.8 Å². The largest absolute Gasteiger partial charge is 0.339 e. The Hall–Kier alpha value is -1.56.